The Labute approximate surface area is 201 Å². The summed E-state index contributed by atoms with van der Waals surface area (Å²) in [6, 6.07) is 14.4. The molecule has 0 saturated carbocycles. The average Bonchev–Trinajstić information content (AvgIpc) is 3.43. The van der Waals surface area contributed by atoms with Gasteiger partial charge in [-0.05, 0) is 60.9 Å². The molecule has 0 saturated heterocycles. The zero-order valence-electron chi connectivity index (χ0n) is 18.1. The summed E-state index contributed by atoms with van der Waals surface area (Å²) in [5.41, 5.74) is 5.00. The standard InChI is InChI=1S/C26H23N3O2S2/c1-3-13-28-22(4-2)24-10-12-26(32-24)33-29-17-20(8-11-25(30)31)21-15-18(7-9-23(21)29)19-6-5-14-27-16-19/h3-7,9-10,12-17H,2,8,11H2,1H3,(H,30,31)/b13-3-,28-22?. The van der Waals surface area contributed by atoms with E-state index in [4.69, 9.17) is 0 Å². The third-order valence-corrected chi connectivity index (χ3v) is 7.23. The fourth-order valence-corrected chi connectivity index (χ4v) is 5.62. The minimum absolute atomic E-state index is 0.0914. The van der Waals surface area contributed by atoms with Crippen molar-refractivity contribution in [3.05, 3.63) is 96.4 Å². The van der Waals surface area contributed by atoms with Crippen molar-refractivity contribution in [2.45, 2.75) is 24.0 Å². The highest BCUT2D eigenvalue weighted by Gasteiger charge is 2.14. The second kappa shape index (κ2) is 10.5. The van der Waals surface area contributed by atoms with E-state index < -0.39 is 5.97 Å². The molecule has 3 heterocycles. The molecule has 0 spiro atoms. The smallest absolute Gasteiger partial charge is 0.303 e. The monoisotopic (exact) mass is 473 g/mol. The number of carboxylic acid groups (broad SMARTS) is 1. The number of aromatic nitrogens is 2. The number of rotatable bonds is 9. The number of fused-ring (bicyclic) bond motifs is 1. The van der Waals surface area contributed by atoms with Gasteiger partial charge in [0, 0.05) is 54.1 Å². The molecule has 166 valence electrons. The van der Waals surface area contributed by atoms with Crippen molar-refractivity contribution in [3.8, 4) is 11.1 Å². The minimum atomic E-state index is -0.799. The third-order valence-electron chi connectivity index (χ3n) is 5.03. The van der Waals surface area contributed by atoms with Gasteiger partial charge in [-0.2, -0.15) is 0 Å². The van der Waals surface area contributed by atoms with Crippen LogP contribution in [0.3, 0.4) is 0 Å². The van der Waals surface area contributed by atoms with E-state index in [2.05, 4.69) is 50.9 Å². The highest BCUT2D eigenvalue weighted by Crippen LogP contribution is 2.36. The summed E-state index contributed by atoms with van der Waals surface area (Å²) in [4.78, 5) is 20.9. The molecule has 0 aliphatic carbocycles. The summed E-state index contributed by atoms with van der Waals surface area (Å²) < 4.78 is 3.23. The third kappa shape index (κ3) is 5.32. The molecule has 7 heteroatoms. The number of aliphatic carboxylic acids is 1. The fraction of sp³-hybridized carbons (Fsp3) is 0.115. The molecule has 0 atom stereocenters. The van der Waals surface area contributed by atoms with E-state index in [9.17, 15) is 9.90 Å². The first-order valence-electron chi connectivity index (χ1n) is 10.4. The quantitative estimate of drug-likeness (QED) is 0.270. The maximum absolute atomic E-state index is 11.2. The minimum Gasteiger partial charge on any atom is -0.481 e. The van der Waals surface area contributed by atoms with Gasteiger partial charge in [0.05, 0.1) is 20.3 Å². The number of benzene rings is 1. The lowest BCUT2D eigenvalue weighted by atomic mass is 10.0. The van der Waals surface area contributed by atoms with Gasteiger partial charge < -0.3 is 5.11 Å². The first kappa shape index (κ1) is 22.8. The number of carboxylic acids is 1. The predicted molar refractivity (Wildman–Crippen MR) is 138 cm³/mol. The zero-order chi connectivity index (χ0) is 23.2. The van der Waals surface area contributed by atoms with Crippen LogP contribution in [0.2, 0.25) is 0 Å². The molecule has 0 unspecified atom stereocenters. The zero-order valence-corrected chi connectivity index (χ0v) is 19.8. The van der Waals surface area contributed by atoms with Gasteiger partial charge in [0.25, 0.3) is 0 Å². The van der Waals surface area contributed by atoms with Gasteiger partial charge in [0.2, 0.25) is 0 Å². The van der Waals surface area contributed by atoms with Gasteiger partial charge in [-0.1, -0.05) is 24.8 Å². The van der Waals surface area contributed by atoms with E-state index in [0.717, 1.165) is 42.4 Å². The Morgan fingerprint density at radius 1 is 1.27 bits per heavy atom. The van der Waals surface area contributed by atoms with Crippen LogP contribution >= 0.6 is 23.3 Å². The number of pyridine rings is 1. The van der Waals surface area contributed by atoms with Gasteiger partial charge in [0.1, 0.15) is 0 Å². The summed E-state index contributed by atoms with van der Waals surface area (Å²) in [6.07, 6.45) is 11.6. The molecule has 5 nitrogen and oxygen atoms in total. The van der Waals surface area contributed by atoms with Crippen molar-refractivity contribution >= 4 is 45.9 Å². The number of aryl methyl sites for hydroxylation is 1. The van der Waals surface area contributed by atoms with Crippen molar-refractivity contribution < 1.29 is 9.90 Å². The molecule has 0 bridgehead atoms. The van der Waals surface area contributed by atoms with Crippen molar-refractivity contribution in [1.29, 1.82) is 0 Å². The molecule has 0 amide bonds. The fourth-order valence-electron chi connectivity index (χ4n) is 3.47. The summed E-state index contributed by atoms with van der Waals surface area (Å²) in [6.45, 7) is 5.80. The van der Waals surface area contributed by atoms with Crippen LogP contribution in [0.25, 0.3) is 22.0 Å². The molecule has 0 aliphatic rings. The number of allylic oxidation sites excluding steroid dienone is 2. The van der Waals surface area contributed by atoms with Gasteiger partial charge in [-0.3, -0.25) is 18.7 Å². The van der Waals surface area contributed by atoms with Crippen LogP contribution in [0.4, 0.5) is 0 Å². The van der Waals surface area contributed by atoms with Gasteiger partial charge in [0.15, 0.2) is 0 Å². The number of thiophene rings is 1. The Kier molecular flexibility index (Phi) is 7.22. The lowest BCUT2D eigenvalue weighted by molar-refractivity contribution is -0.136. The second-order valence-electron chi connectivity index (χ2n) is 7.26. The molecule has 0 radical (unpaired) electrons. The van der Waals surface area contributed by atoms with Crippen LogP contribution in [0.5, 0.6) is 0 Å². The van der Waals surface area contributed by atoms with Crippen LogP contribution < -0.4 is 0 Å². The molecule has 1 N–H and O–H groups in total. The lowest BCUT2D eigenvalue weighted by Crippen LogP contribution is -1.96. The van der Waals surface area contributed by atoms with Gasteiger partial charge in [-0.25, -0.2) is 0 Å². The topological polar surface area (TPSA) is 67.5 Å². The summed E-state index contributed by atoms with van der Waals surface area (Å²) in [7, 11) is 0. The lowest BCUT2D eigenvalue weighted by Gasteiger charge is -2.05. The Balaban J connectivity index is 1.70. The maximum atomic E-state index is 11.2. The first-order chi connectivity index (χ1) is 16.1. The van der Waals surface area contributed by atoms with E-state index in [1.807, 2.05) is 37.5 Å². The molecular formula is C26H23N3O2S2. The Morgan fingerprint density at radius 2 is 2.15 bits per heavy atom. The molecule has 4 aromatic rings. The largest absolute Gasteiger partial charge is 0.481 e. The Morgan fingerprint density at radius 3 is 2.88 bits per heavy atom. The molecule has 3 aromatic heterocycles. The normalized spacial score (nSPS) is 12.0. The average molecular weight is 474 g/mol. The molecule has 1 aromatic carbocycles. The Bertz CT molecular complexity index is 1350. The van der Waals surface area contributed by atoms with Crippen LogP contribution in [0.1, 0.15) is 23.8 Å². The maximum Gasteiger partial charge on any atom is 0.303 e. The molecular weight excluding hydrogens is 450 g/mol. The molecule has 4 rings (SSSR count). The predicted octanol–water partition coefficient (Wildman–Crippen LogP) is 6.85. The van der Waals surface area contributed by atoms with Gasteiger partial charge in [-0.15, -0.1) is 11.3 Å². The second-order valence-corrected chi connectivity index (χ2v) is 9.62. The summed E-state index contributed by atoms with van der Waals surface area (Å²) in [5.74, 6) is -0.799. The number of hydrogen-bond donors (Lipinski definition) is 1. The van der Waals surface area contributed by atoms with E-state index in [0.29, 0.717) is 6.42 Å². The first-order valence-corrected chi connectivity index (χ1v) is 12.0. The van der Waals surface area contributed by atoms with E-state index in [-0.39, 0.29) is 6.42 Å². The number of aliphatic imine (C=N–C) groups is 1. The number of carbonyl (C=O) groups is 1. The van der Waals surface area contributed by atoms with Crippen LogP contribution in [0.15, 0.2) is 95.2 Å². The van der Waals surface area contributed by atoms with Crippen molar-refractivity contribution in [2.75, 3.05) is 0 Å². The van der Waals surface area contributed by atoms with Crippen molar-refractivity contribution in [2.24, 2.45) is 4.99 Å². The summed E-state index contributed by atoms with van der Waals surface area (Å²) >= 11 is 3.27. The van der Waals surface area contributed by atoms with Crippen LogP contribution in [0, 0.1) is 0 Å². The SMILES string of the molecule is C=CC(=N/C=C\C)c1ccc(Sn2cc(CCC(=O)O)c3cc(-c4cccnc4)ccc32)s1. The van der Waals surface area contributed by atoms with Crippen molar-refractivity contribution in [3.63, 3.8) is 0 Å². The Hall–Kier alpha value is -3.42. The van der Waals surface area contributed by atoms with E-state index >= 15 is 0 Å². The number of nitrogens with zero attached hydrogens (tertiary/aromatic N) is 3. The summed E-state index contributed by atoms with van der Waals surface area (Å²) in [5, 5.41) is 10.3. The van der Waals surface area contributed by atoms with Crippen LogP contribution in [-0.4, -0.2) is 25.7 Å². The number of hydrogen-bond acceptors (Lipinski definition) is 5. The van der Waals surface area contributed by atoms with Crippen molar-refractivity contribution in [1.82, 2.24) is 8.96 Å². The molecule has 0 fully saturated rings. The molecule has 0 aliphatic heterocycles. The van der Waals surface area contributed by atoms with Gasteiger partial charge >= 0.3 is 5.97 Å². The highest BCUT2D eigenvalue weighted by atomic mass is 32.2. The van der Waals surface area contributed by atoms with E-state index in [1.54, 1.807) is 41.8 Å². The molecule has 33 heavy (non-hydrogen) atoms. The van der Waals surface area contributed by atoms with Crippen LogP contribution in [-0.2, 0) is 11.2 Å². The van der Waals surface area contributed by atoms with E-state index in [1.165, 1.54) is 0 Å². The highest BCUT2D eigenvalue weighted by molar-refractivity contribution is 7.99.